The monoisotopic (exact) mass is 346 g/mol. The molecule has 0 spiro atoms. The van der Waals surface area contributed by atoms with Gasteiger partial charge in [0.2, 0.25) is 0 Å². The lowest BCUT2D eigenvalue weighted by Gasteiger charge is -2.32. The zero-order chi connectivity index (χ0) is 16.9. The Kier molecular flexibility index (Phi) is 5.33. The Balaban J connectivity index is 1.81. The third-order valence-electron chi connectivity index (χ3n) is 4.08. The summed E-state index contributed by atoms with van der Waals surface area (Å²) in [7, 11) is 1.53. The molecule has 1 amide bonds. The van der Waals surface area contributed by atoms with Crippen LogP contribution < -0.4 is 10.1 Å². The summed E-state index contributed by atoms with van der Waals surface area (Å²) in [5.74, 6) is 0.276. The molecule has 0 saturated carbocycles. The SMILES string of the molecule is COc1ccc(Cl)cc1C(=O)N[C@H]1CCCO[C@@H]1c1ccncc1. The molecule has 1 saturated heterocycles. The Bertz CT molecular complexity index is 709. The van der Waals surface area contributed by atoms with Crippen molar-refractivity contribution in [2.45, 2.75) is 25.0 Å². The van der Waals surface area contributed by atoms with Crippen molar-refractivity contribution >= 4 is 17.5 Å². The third-order valence-corrected chi connectivity index (χ3v) is 4.31. The average molecular weight is 347 g/mol. The van der Waals surface area contributed by atoms with Gasteiger partial charge in [-0.15, -0.1) is 0 Å². The second-order valence-corrected chi connectivity index (χ2v) is 6.08. The maximum atomic E-state index is 12.7. The maximum absolute atomic E-state index is 12.7. The van der Waals surface area contributed by atoms with Crippen LogP contribution >= 0.6 is 11.6 Å². The fourth-order valence-corrected chi connectivity index (χ4v) is 3.09. The second-order valence-electron chi connectivity index (χ2n) is 5.64. The summed E-state index contributed by atoms with van der Waals surface area (Å²) >= 11 is 6.02. The Morgan fingerprint density at radius 1 is 1.33 bits per heavy atom. The first-order valence-corrected chi connectivity index (χ1v) is 8.23. The molecule has 0 radical (unpaired) electrons. The molecular weight excluding hydrogens is 328 g/mol. The van der Waals surface area contributed by atoms with Crippen LogP contribution in [0.3, 0.4) is 0 Å². The van der Waals surface area contributed by atoms with E-state index in [0.717, 1.165) is 18.4 Å². The Labute approximate surface area is 145 Å². The summed E-state index contributed by atoms with van der Waals surface area (Å²) < 4.78 is 11.2. The molecule has 0 aliphatic carbocycles. The predicted octanol–water partition coefficient (Wildman–Crippen LogP) is 3.39. The fourth-order valence-electron chi connectivity index (χ4n) is 2.91. The molecule has 1 aliphatic rings. The number of nitrogens with zero attached hydrogens (tertiary/aromatic N) is 1. The van der Waals surface area contributed by atoms with Gasteiger partial charge in [-0.1, -0.05) is 11.6 Å². The number of methoxy groups -OCH3 is 1. The zero-order valence-electron chi connectivity index (χ0n) is 13.4. The van der Waals surface area contributed by atoms with Crippen molar-refractivity contribution < 1.29 is 14.3 Å². The van der Waals surface area contributed by atoms with Crippen molar-refractivity contribution in [2.75, 3.05) is 13.7 Å². The Hall–Kier alpha value is -2.11. The van der Waals surface area contributed by atoms with Crippen molar-refractivity contribution in [3.63, 3.8) is 0 Å². The van der Waals surface area contributed by atoms with E-state index in [1.807, 2.05) is 12.1 Å². The maximum Gasteiger partial charge on any atom is 0.255 e. The number of ether oxygens (including phenoxy) is 2. The number of halogens is 1. The number of rotatable bonds is 4. The summed E-state index contributed by atoms with van der Waals surface area (Å²) in [4.78, 5) is 16.7. The summed E-state index contributed by atoms with van der Waals surface area (Å²) in [5.41, 5.74) is 1.43. The number of amides is 1. The number of aromatic nitrogens is 1. The molecule has 1 aromatic heterocycles. The van der Waals surface area contributed by atoms with E-state index in [1.165, 1.54) is 7.11 Å². The smallest absolute Gasteiger partial charge is 0.255 e. The van der Waals surface area contributed by atoms with Crippen molar-refractivity contribution in [3.05, 3.63) is 58.9 Å². The molecule has 5 nitrogen and oxygen atoms in total. The highest BCUT2D eigenvalue weighted by atomic mass is 35.5. The summed E-state index contributed by atoms with van der Waals surface area (Å²) in [6.07, 6.45) is 5.02. The molecule has 1 fully saturated rings. The highest BCUT2D eigenvalue weighted by Gasteiger charge is 2.29. The van der Waals surface area contributed by atoms with Gasteiger partial charge in [0, 0.05) is 24.0 Å². The minimum Gasteiger partial charge on any atom is -0.496 e. The molecule has 2 aromatic rings. The molecule has 24 heavy (non-hydrogen) atoms. The highest BCUT2D eigenvalue weighted by Crippen LogP contribution is 2.29. The highest BCUT2D eigenvalue weighted by molar-refractivity contribution is 6.31. The van der Waals surface area contributed by atoms with E-state index in [0.29, 0.717) is 22.9 Å². The minimum absolute atomic E-state index is 0.114. The largest absolute Gasteiger partial charge is 0.496 e. The van der Waals surface area contributed by atoms with Gasteiger partial charge in [0.15, 0.2) is 0 Å². The second kappa shape index (κ2) is 7.64. The van der Waals surface area contributed by atoms with Crippen molar-refractivity contribution in [1.82, 2.24) is 10.3 Å². The standard InChI is InChI=1S/C18H19ClN2O3/c1-23-16-5-4-13(19)11-14(16)18(22)21-15-3-2-10-24-17(15)12-6-8-20-9-7-12/h4-9,11,15,17H,2-3,10H2,1H3,(H,21,22)/t15-,17+/m0/s1. The van der Waals surface area contributed by atoms with Gasteiger partial charge in [-0.25, -0.2) is 0 Å². The first-order valence-electron chi connectivity index (χ1n) is 7.85. The van der Waals surface area contributed by atoms with Crippen LogP contribution in [0.15, 0.2) is 42.7 Å². The van der Waals surface area contributed by atoms with Crippen LogP contribution in [0.1, 0.15) is 34.9 Å². The summed E-state index contributed by atoms with van der Waals surface area (Å²) in [5, 5.41) is 3.55. The van der Waals surface area contributed by atoms with Gasteiger partial charge in [0.25, 0.3) is 5.91 Å². The number of hydrogen-bond acceptors (Lipinski definition) is 4. The van der Waals surface area contributed by atoms with E-state index < -0.39 is 0 Å². The lowest BCUT2D eigenvalue weighted by Crippen LogP contribution is -2.42. The molecule has 3 rings (SSSR count). The molecule has 0 unspecified atom stereocenters. The van der Waals surface area contributed by atoms with E-state index in [-0.39, 0.29) is 18.1 Å². The Morgan fingerprint density at radius 3 is 2.88 bits per heavy atom. The van der Waals surface area contributed by atoms with Gasteiger partial charge < -0.3 is 14.8 Å². The van der Waals surface area contributed by atoms with Gasteiger partial charge in [-0.3, -0.25) is 9.78 Å². The van der Waals surface area contributed by atoms with E-state index in [9.17, 15) is 4.79 Å². The molecule has 1 aromatic carbocycles. The number of benzene rings is 1. The van der Waals surface area contributed by atoms with E-state index in [1.54, 1.807) is 30.6 Å². The van der Waals surface area contributed by atoms with Crippen LogP contribution in [-0.4, -0.2) is 30.6 Å². The minimum atomic E-state index is -0.219. The summed E-state index contributed by atoms with van der Waals surface area (Å²) in [6, 6.07) is 8.71. The van der Waals surface area contributed by atoms with Crippen LogP contribution in [0.25, 0.3) is 0 Å². The zero-order valence-corrected chi connectivity index (χ0v) is 14.1. The van der Waals surface area contributed by atoms with Crippen molar-refractivity contribution in [2.24, 2.45) is 0 Å². The number of hydrogen-bond donors (Lipinski definition) is 1. The van der Waals surface area contributed by atoms with Gasteiger partial charge in [-0.2, -0.15) is 0 Å². The molecular formula is C18H19ClN2O3. The average Bonchev–Trinajstić information content (AvgIpc) is 2.63. The third kappa shape index (κ3) is 3.68. The van der Waals surface area contributed by atoms with E-state index in [2.05, 4.69) is 10.3 Å². The molecule has 2 heterocycles. The Morgan fingerprint density at radius 2 is 2.12 bits per heavy atom. The molecule has 0 bridgehead atoms. The van der Waals surface area contributed by atoms with Gasteiger partial charge >= 0.3 is 0 Å². The van der Waals surface area contributed by atoms with Crippen LogP contribution in [0.2, 0.25) is 5.02 Å². The lowest BCUT2D eigenvalue weighted by molar-refractivity contribution is -0.00952. The van der Waals surface area contributed by atoms with Crippen LogP contribution in [0, 0.1) is 0 Å². The first-order chi connectivity index (χ1) is 11.7. The molecule has 2 atom stereocenters. The number of nitrogens with one attached hydrogen (secondary N) is 1. The molecule has 1 aliphatic heterocycles. The molecule has 1 N–H and O–H groups in total. The number of pyridine rings is 1. The normalized spacial score (nSPS) is 20.4. The number of carbonyl (C=O) groups excluding carboxylic acids is 1. The van der Waals surface area contributed by atoms with Crippen LogP contribution in [0.5, 0.6) is 5.75 Å². The predicted molar refractivity (Wildman–Crippen MR) is 91.4 cm³/mol. The molecule has 6 heteroatoms. The van der Waals surface area contributed by atoms with Gasteiger partial charge in [0.1, 0.15) is 11.9 Å². The van der Waals surface area contributed by atoms with E-state index >= 15 is 0 Å². The van der Waals surface area contributed by atoms with Crippen molar-refractivity contribution in [1.29, 1.82) is 0 Å². The van der Waals surface area contributed by atoms with E-state index in [4.69, 9.17) is 21.1 Å². The number of carbonyl (C=O) groups is 1. The van der Waals surface area contributed by atoms with Crippen LogP contribution in [0.4, 0.5) is 0 Å². The molecule has 126 valence electrons. The fraction of sp³-hybridized carbons (Fsp3) is 0.333. The van der Waals surface area contributed by atoms with Gasteiger partial charge in [-0.05, 0) is 48.7 Å². The first kappa shape index (κ1) is 16.7. The van der Waals surface area contributed by atoms with Crippen molar-refractivity contribution in [3.8, 4) is 5.75 Å². The quantitative estimate of drug-likeness (QED) is 0.921. The van der Waals surface area contributed by atoms with Crippen LogP contribution in [-0.2, 0) is 4.74 Å². The lowest BCUT2D eigenvalue weighted by atomic mass is 9.96. The van der Waals surface area contributed by atoms with Gasteiger partial charge in [0.05, 0.1) is 18.7 Å². The topological polar surface area (TPSA) is 60.5 Å². The summed E-state index contributed by atoms with van der Waals surface area (Å²) in [6.45, 7) is 0.680.